The SMILES string of the molecule is O=C(Nc1cc(Oc2ccccc2)ccc1O)C(O)c1cccc2c1OCC2. The normalized spacial score (nSPS) is 13.3. The fourth-order valence-corrected chi connectivity index (χ4v) is 3.10. The fourth-order valence-electron chi connectivity index (χ4n) is 3.10. The molecule has 0 spiro atoms. The van der Waals surface area contributed by atoms with Gasteiger partial charge in [0.05, 0.1) is 12.3 Å². The molecule has 1 amide bonds. The smallest absolute Gasteiger partial charge is 0.258 e. The van der Waals surface area contributed by atoms with Gasteiger partial charge in [-0.2, -0.15) is 0 Å². The van der Waals surface area contributed by atoms with Gasteiger partial charge in [-0.15, -0.1) is 0 Å². The molecule has 0 aromatic heterocycles. The third kappa shape index (κ3) is 3.63. The van der Waals surface area contributed by atoms with Gasteiger partial charge in [-0.25, -0.2) is 0 Å². The van der Waals surface area contributed by atoms with Gasteiger partial charge in [-0.05, 0) is 29.8 Å². The molecule has 0 fully saturated rings. The van der Waals surface area contributed by atoms with Crippen LogP contribution in [0.25, 0.3) is 0 Å². The van der Waals surface area contributed by atoms with Crippen LogP contribution in [0, 0.1) is 0 Å². The van der Waals surface area contributed by atoms with Gasteiger partial charge in [0.25, 0.3) is 5.91 Å². The molecule has 3 N–H and O–H groups in total. The van der Waals surface area contributed by atoms with Crippen LogP contribution in [0.1, 0.15) is 17.2 Å². The number of nitrogens with one attached hydrogen (secondary N) is 1. The number of aliphatic hydroxyl groups is 1. The Morgan fingerprint density at radius 3 is 2.68 bits per heavy atom. The summed E-state index contributed by atoms with van der Waals surface area (Å²) in [7, 11) is 0. The predicted molar refractivity (Wildman–Crippen MR) is 104 cm³/mol. The summed E-state index contributed by atoms with van der Waals surface area (Å²) in [6, 6.07) is 19.0. The molecule has 3 aromatic carbocycles. The first-order valence-corrected chi connectivity index (χ1v) is 8.91. The lowest BCUT2D eigenvalue weighted by Gasteiger charge is -2.16. The third-order valence-electron chi connectivity index (χ3n) is 4.49. The van der Waals surface area contributed by atoms with Crippen LogP contribution in [0.4, 0.5) is 5.69 Å². The van der Waals surface area contributed by atoms with Gasteiger partial charge in [0.15, 0.2) is 6.10 Å². The minimum Gasteiger partial charge on any atom is -0.506 e. The zero-order valence-corrected chi connectivity index (χ0v) is 15.0. The van der Waals surface area contributed by atoms with Crippen molar-refractivity contribution in [1.29, 1.82) is 0 Å². The molecule has 0 bridgehead atoms. The summed E-state index contributed by atoms with van der Waals surface area (Å²) in [6.07, 6.45) is -0.678. The number of phenolic OH excluding ortho intramolecular Hbond substituents is 1. The van der Waals surface area contributed by atoms with Crippen molar-refractivity contribution in [2.75, 3.05) is 11.9 Å². The van der Waals surface area contributed by atoms with E-state index in [0.29, 0.717) is 29.4 Å². The monoisotopic (exact) mass is 377 g/mol. The molecule has 4 rings (SSSR count). The number of anilines is 1. The van der Waals surface area contributed by atoms with Crippen LogP contribution >= 0.6 is 0 Å². The molecule has 0 saturated heterocycles. The summed E-state index contributed by atoms with van der Waals surface area (Å²) in [5.74, 6) is 0.822. The number of ether oxygens (including phenoxy) is 2. The van der Waals surface area contributed by atoms with Gasteiger partial charge in [0.1, 0.15) is 23.0 Å². The first-order valence-electron chi connectivity index (χ1n) is 8.91. The zero-order chi connectivity index (χ0) is 19.5. The summed E-state index contributed by atoms with van der Waals surface area (Å²) in [4.78, 5) is 12.6. The van der Waals surface area contributed by atoms with E-state index in [1.54, 1.807) is 30.3 Å². The molecule has 1 unspecified atom stereocenters. The highest BCUT2D eigenvalue weighted by atomic mass is 16.5. The first kappa shape index (κ1) is 17.9. The molecule has 0 saturated carbocycles. The zero-order valence-electron chi connectivity index (χ0n) is 15.0. The van der Waals surface area contributed by atoms with E-state index in [-0.39, 0.29) is 11.4 Å². The van der Waals surface area contributed by atoms with E-state index in [9.17, 15) is 15.0 Å². The molecule has 1 aliphatic rings. The molecule has 6 nitrogen and oxygen atoms in total. The number of fused-ring (bicyclic) bond motifs is 1. The first-order chi connectivity index (χ1) is 13.6. The highest BCUT2D eigenvalue weighted by Gasteiger charge is 2.26. The molecule has 3 aromatic rings. The summed E-state index contributed by atoms with van der Waals surface area (Å²) < 4.78 is 11.3. The van der Waals surface area contributed by atoms with Crippen molar-refractivity contribution >= 4 is 11.6 Å². The standard InChI is InChI=1S/C22H19NO5/c24-19-10-9-16(28-15-6-2-1-3-7-15)13-18(19)23-22(26)20(25)17-8-4-5-14-11-12-27-21(14)17/h1-10,13,20,24-25H,11-12H2,(H,23,26). The quantitative estimate of drug-likeness (QED) is 0.589. The topological polar surface area (TPSA) is 88.0 Å². The van der Waals surface area contributed by atoms with Gasteiger partial charge in [0.2, 0.25) is 0 Å². The second-order valence-corrected chi connectivity index (χ2v) is 6.42. The number of benzene rings is 3. The van der Waals surface area contributed by atoms with Crippen LogP contribution in [0.2, 0.25) is 0 Å². The molecule has 1 heterocycles. The third-order valence-corrected chi connectivity index (χ3v) is 4.49. The van der Waals surface area contributed by atoms with Crippen LogP contribution in [-0.2, 0) is 11.2 Å². The summed E-state index contributed by atoms with van der Waals surface area (Å²) in [5.41, 5.74) is 1.51. The van der Waals surface area contributed by atoms with E-state index in [1.165, 1.54) is 12.1 Å². The second-order valence-electron chi connectivity index (χ2n) is 6.42. The Bertz CT molecular complexity index is 1000. The number of rotatable bonds is 5. The Labute approximate surface area is 162 Å². The lowest BCUT2D eigenvalue weighted by atomic mass is 10.0. The highest BCUT2D eigenvalue weighted by molar-refractivity contribution is 5.96. The Balaban J connectivity index is 1.53. The molecule has 6 heteroatoms. The molecule has 142 valence electrons. The van der Waals surface area contributed by atoms with Crippen molar-refractivity contribution in [2.45, 2.75) is 12.5 Å². The van der Waals surface area contributed by atoms with E-state index >= 15 is 0 Å². The maximum Gasteiger partial charge on any atom is 0.258 e. The number of phenols is 1. The molecular formula is C22H19NO5. The van der Waals surface area contributed by atoms with Gasteiger partial charge < -0.3 is 25.0 Å². The largest absolute Gasteiger partial charge is 0.506 e. The van der Waals surface area contributed by atoms with Crippen molar-refractivity contribution in [3.8, 4) is 23.0 Å². The van der Waals surface area contributed by atoms with Crippen molar-refractivity contribution < 1.29 is 24.5 Å². The average Bonchev–Trinajstić information content (AvgIpc) is 3.19. The van der Waals surface area contributed by atoms with E-state index in [2.05, 4.69) is 5.32 Å². The molecule has 1 aliphatic heterocycles. The number of hydrogen-bond donors (Lipinski definition) is 3. The van der Waals surface area contributed by atoms with Gasteiger partial charge >= 0.3 is 0 Å². The Morgan fingerprint density at radius 2 is 1.86 bits per heavy atom. The van der Waals surface area contributed by atoms with Gasteiger partial charge in [-0.3, -0.25) is 4.79 Å². The van der Waals surface area contributed by atoms with Crippen LogP contribution in [-0.4, -0.2) is 22.7 Å². The predicted octanol–water partition coefficient (Wildman–Crippen LogP) is 3.79. The maximum absolute atomic E-state index is 12.6. The highest BCUT2D eigenvalue weighted by Crippen LogP contribution is 2.35. The maximum atomic E-state index is 12.6. The fraction of sp³-hybridized carbons (Fsp3) is 0.136. The number of para-hydroxylation sites is 2. The molecular weight excluding hydrogens is 358 g/mol. The lowest BCUT2D eigenvalue weighted by Crippen LogP contribution is -2.21. The Hall–Kier alpha value is -3.51. The van der Waals surface area contributed by atoms with Crippen LogP contribution in [0.15, 0.2) is 66.7 Å². The number of amides is 1. The lowest BCUT2D eigenvalue weighted by molar-refractivity contribution is -0.124. The van der Waals surface area contributed by atoms with Gasteiger partial charge in [-0.1, -0.05) is 36.4 Å². The number of hydrogen-bond acceptors (Lipinski definition) is 5. The van der Waals surface area contributed by atoms with Crippen LogP contribution in [0.5, 0.6) is 23.0 Å². The average molecular weight is 377 g/mol. The number of carbonyl (C=O) groups excluding carboxylic acids is 1. The number of aliphatic hydroxyl groups excluding tert-OH is 1. The summed E-state index contributed by atoms with van der Waals surface area (Å²) in [5, 5.41) is 23.1. The minimum absolute atomic E-state index is 0.129. The summed E-state index contributed by atoms with van der Waals surface area (Å²) >= 11 is 0. The van der Waals surface area contributed by atoms with E-state index in [1.807, 2.05) is 24.3 Å². The molecule has 28 heavy (non-hydrogen) atoms. The van der Waals surface area contributed by atoms with E-state index < -0.39 is 12.0 Å². The second kappa shape index (κ2) is 7.62. The van der Waals surface area contributed by atoms with Crippen molar-refractivity contribution in [2.24, 2.45) is 0 Å². The molecule has 1 atom stereocenters. The molecule has 0 radical (unpaired) electrons. The minimum atomic E-state index is -1.42. The van der Waals surface area contributed by atoms with Crippen molar-refractivity contribution in [1.82, 2.24) is 0 Å². The number of carbonyl (C=O) groups is 1. The van der Waals surface area contributed by atoms with Crippen LogP contribution < -0.4 is 14.8 Å². The van der Waals surface area contributed by atoms with Gasteiger partial charge in [0, 0.05) is 18.1 Å². The number of aromatic hydroxyl groups is 1. The Morgan fingerprint density at radius 1 is 1.04 bits per heavy atom. The van der Waals surface area contributed by atoms with Crippen LogP contribution in [0.3, 0.4) is 0 Å². The van der Waals surface area contributed by atoms with Crippen molar-refractivity contribution in [3.05, 3.63) is 77.9 Å². The Kier molecular flexibility index (Phi) is 4.87. The van der Waals surface area contributed by atoms with Crippen molar-refractivity contribution in [3.63, 3.8) is 0 Å². The summed E-state index contributed by atoms with van der Waals surface area (Å²) in [6.45, 7) is 0.528. The van der Waals surface area contributed by atoms with E-state index in [0.717, 1.165) is 12.0 Å². The molecule has 0 aliphatic carbocycles. The van der Waals surface area contributed by atoms with E-state index in [4.69, 9.17) is 9.47 Å².